The number of allylic oxidation sites excluding steroid dienone is 6. The van der Waals surface area contributed by atoms with Gasteiger partial charge < -0.3 is 39.4 Å². The Morgan fingerprint density at radius 2 is 1.09 bits per heavy atom. The van der Waals surface area contributed by atoms with E-state index in [2.05, 4.69) is 50.3 Å². The Bertz CT molecular complexity index is 905. The zero-order chi connectivity index (χ0) is 38.6. The molecule has 1 fully saturated rings. The molecule has 310 valence electrons. The number of hydrogen-bond donors (Lipinski definition) is 4. The molecule has 0 aliphatic carbocycles. The van der Waals surface area contributed by atoms with E-state index in [9.17, 15) is 25.2 Å². The smallest absolute Gasteiger partial charge is 0.306 e. The predicted molar refractivity (Wildman–Crippen MR) is 215 cm³/mol. The molecule has 0 saturated carbocycles. The summed E-state index contributed by atoms with van der Waals surface area (Å²) in [6, 6.07) is 0. The second-order valence-corrected chi connectivity index (χ2v) is 14.8. The van der Waals surface area contributed by atoms with Gasteiger partial charge in [0.15, 0.2) is 6.29 Å². The molecule has 1 heterocycles. The van der Waals surface area contributed by atoms with Crippen LogP contribution in [0.25, 0.3) is 0 Å². The van der Waals surface area contributed by atoms with Gasteiger partial charge in [-0.05, 0) is 51.4 Å². The van der Waals surface area contributed by atoms with E-state index in [0.29, 0.717) is 13.0 Å². The Balaban J connectivity index is 2.25. The molecule has 0 aromatic heterocycles. The van der Waals surface area contributed by atoms with Crippen LogP contribution in [0.1, 0.15) is 174 Å². The van der Waals surface area contributed by atoms with E-state index in [1.807, 2.05) is 0 Å². The Morgan fingerprint density at radius 3 is 1.68 bits per heavy atom. The van der Waals surface area contributed by atoms with Crippen molar-refractivity contribution >= 4 is 5.97 Å². The summed E-state index contributed by atoms with van der Waals surface area (Å²) in [4.78, 5) is 12.7. The molecule has 9 heteroatoms. The highest BCUT2D eigenvalue weighted by atomic mass is 16.7. The molecule has 0 aromatic rings. The highest BCUT2D eigenvalue weighted by Gasteiger charge is 2.44. The summed E-state index contributed by atoms with van der Waals surface area (Å²) < 4.78 is 22.7. The molecule has 9 nitrogen and oxygen atoms in total. The maximum Gasteiger partial charge on any atom is 0.306 e. The van der Waals surface area contributed by atoms with Crippen molar-refractivity contribution in [2.45, 2.75) is 211 Å². The number of carbonyl (C=O) groups excluding carboxylic acids is 1. The fraction of sp³-hybridized carbons (Fsp3) is 0.841. The van der Waals surface area contributed by atoms with Crippen LogP contribution < -0.4 is 0 Å². The first-order valence-corrected chi connectivity index (χ1v) is 21.6. The number of aliphatic hydroxyl groups excluding tert-OH is 4. The lowest BCUT2D eigenvalue weighted by atomic mass is 9.99. The van der Waals surface area contributed by atoms with Crippen molar-refractivity contribution in [2.75, 3.05) is 26.4 Å². The lowest BCUT2D eigenvalue weighted by molar-refractivity contribution is -0.305. The minimum Gasteiger partial charge on any atom is -0.457 e. The third-order valence-corrected chi connectivity index (χ3v) is 9.81. The molecule has 6 atom stereocenters. The van der Waals surface area contributed by atoms with Crippen LogP contribution in [0.2, 0.25) is 0 Å². The van der Waals surface area contributed by atoms with E-state index in [4.69, 9.17) is 18.9 Å². The maximum atomic E-state index is 12.7. The SMILES string of the molecule is CCCCC/C=C\C/C=C\C/C=C\CCCCCCCCCOCC(COC1OC(CO)C(O)C(O)C1O)OC(=O)CCCCCCCCCCCC. The number of carbonyl (C=O) groups is 1. The fourth-order valence-electron chi connectivity index (χ4n) is 6.38. The van der Waals surface area contributed by atoms with Gasteiger partial charge in [0.05, 0.1) is 19.8 Å². The molecule has 1 aliphatic heterocycles. The number of esters is 1. The summed E-state index contributed by atoms with van der Waals surface area (Å²) >= 11 is 0. The van der Waals surface area contributed by atoms with E-state index in [0.717, 1.165) is 57.8 Å². The lowest BCUT2D eigenvalue weighted by Crippen LogP contribution is -2.59. The fourth-order valence-corrected chi connectivity index (χ4v) is 6.38. The van der Waals surface area contributed by atoms with Gasteiger partial charge in [-0.15, -0.1) is 0 Å². The standard InChI is InChI=1S/C44H80O9/c1-3-5-7-9-11-13-15-16-17-18-19-20-21-22-23-24-26-28-30-32-34-50-36-38(37-51-44-43(49)42(48)41(47)39(35-45)53-44)52-40(46)33-31-29-27-25-14-12-10-8-6-4-2/h11,13,16-17,19-20,38-39,41-45,47-49H,3-10,12,14-15,18,21-37H2,1-2H3/b13-11-,17-16-,20-19-. The second kappa shape index (κ2) is 36.1. The second-order valence-electron chi connectivity index (χ2n) is 14.8. The average molecular weight is 753 g/mol. The van der Waals surface area contributed by atoms with E-state index in [-0.39, 0.29) is 19.2 Å². The third-order valence-electron chi connectivity index (χ3n) is 9.81. The van der Waals surface area contributed by atoms with Gasteiger partial charge in [0, 0.05) is 13.0 Å². The molecule has 1 saturated heterocycles. The number of hydrogen-bond acceptors (Lipinski definition) is 9. The monoisotopic (exact) mass is 753 g/mol. The van der Waals surface area contributed by atoms with Crippen molar-refractivity contribution in [3.8, 4) is 0 Å². The largest absolute Gasteiger partial charge is 0.457 e. The maximum absolute atomic E-state index is 12.7. The minimum absolute atomic E-state index is 0.116. The van der Waals surface area contributed by atoms with E-state index in [1.165, 1.54) is 96.3 Å². The predicted octanol–water partition coefficient (Wildman–Crippen LogP) is 9.19. The van der Waals surface area contributed by atoms with Crippen LogP contribution in [-0.4, -0.2) is 89.6 Å². The molecular weight excluding hydrogens is 672 g/mol. The van der Waals surface area contributed by atoms with Crippen molar-refractivity contribution in [1.82, 2.24) is 0 Å². The first kappa shape index (κ1) is 49.4. The van der Waals surface area contributed by atoms with Gasteiger partial charge in [-0.3, -0.25) is 4.79 Å². The van der Waals surface area contributed by atoms with Crippen LogP contribution in [0.3, 0.4) is 0 Å². The molecule has 0 spiro atoms. The highest BCUT2D eigenvalue weighted by Crippen LogP contribution is 2.22. The lowest BCUT2D eigenvalue weighted by Gasteiger charge is -2.39. The zero-order valence-electron chi connectivity index (χ0n) is 33.8. The van der Waals surface area contributed by atoms with Crippen LogP contribution in [0.4, 0.5) is 0 Å². The Kier molecular flexibility index (Phi) is 33.6. The quantitative estimate of drug-likeness (QED) is 0.0281. The first-order chi connectivity index (χ1) is 25.9. The number of ether oxygens (including phenoxy) is 4. The van der Waals surface area contributed by atoms with Gasteiger partial charge in [-0.2, -0.15) is 0 Å². The van der Waals surface area contributed by atoms with E-state index >= 15 is 0 Å². The average Bonchev–Trinajstić information content (AvgIpc) is 3.16. The molecule has 0 bridgehead atoms. The summed E-state index contributed by atoms with van der Waals surface area (Å²) in [5.41, 5.74) is 0. The molecule has 6 unspecified atom stereocenters. The molecular formula is C44H80O9. The first-order valence-electron chi connectivity index (χ1n) is 21.6. The normalized spacial score (nSPS) is 21.4. The molecule has 1 aliphatic rings. The molecule has 0 amide bonds. The highest BCUT2D eigenvalue weighted by molar-refractivity contribution is 5.69. The van der Waals surface area contributed by atoms with Gasteiger partial charge in [0.1, 0.15) is 30.5 Å². The number of aliphatic hydroxyl groups is 4. The van der Waals surface area contributed by atoms with Crippen LogP contribution in [0.15, 0.2) is 36.5 Å². The van der Waals surface area contributed by atoms with Crippen molar-refractivity contribution in [2.24, 2.45) is 0 Å². The summed E-state index contributed by atoms with van der Waals surface area (Å²) in [6.07, 6.45) is 34.6. The van der Waals surface area contributed by atoms with Crippen molar-refractivity contribution in [1.29, 1.82) is 0 Å². The number of rotatable bonds is 36. The van der Waals surface area contributed by atoms with Crippen LogP contribution in [0.5, 0.6) is 0 Å². The van der Waals surface area contributed by atoms with Gasteiger partial charge >= 0.3 is 5.97 Å². The summed E-state index contributed by atoms with van der Waals surface area (Å²) in [5, 5.41) is 40.0. The molecule has 53 heavy (non-hydrogen) atoms. The summed E-state index contributed by atoms with van der Waals surface area (Å²) in [7, 11) is 0. The Hall–Kier alpha value is -1.59. The van der Waals surface area contributed by atoms with Crippen LogP contribution in [-0.2, 0) is 23.7 Å². The summed E-state index contributed by atoms with van der Waals surface area (Å²) in [6.45, 7) is 4.49. The topological polar surface area (TPSA) is 135 Å². The van der Waals surface area contributed by atoms with E-state index < -0.39 is 43.4 Å². The van der Waals surface area contributed by atoms with Crippen LogP contribution >= 0.6 is 0 Å². The van der Waals surface area contributed by atoms with Crippen molar-refractivity contribution in [3.63, 3.8) is 0 Å². The van der Waals surface area contributed by atoms with Crippen molar-refractivity contribution < 1.29 is 44.2 Å². The molecule has 0 aromatic carbocycles. The van der Waals surface area contributed by atoms with Crippen molar-refractivity contribution in [3.05, 3.63) is 36.5 Å². The third kappa shape index (κ3) is 27.6. The van der Waals surface area contributed by atoms with Gasteiger partial charge in [0.25, 0.3) is 0 Å². The molecule has 4 N–H and O–H groups in total. The molecule has 1 rings (SSSR count). The number of unbranched alkanes of at least 4 members (excludes halogenated alkanes) is 19. The summed E-state index contributed by atoms with van der Waals surface area (Å²) in [5.74, 6) is -0.320. The van der Waals surface area contributed by atoms with E-state index in [1.54, 1.807) is 0 Å². The zero-order valence-corrected chi connectivity index (χ0v) is 33.8. The van der Waals surface area contributed by atoms with Gasteiger partial charge in [-0.25, -0.2) is 0 Å². The van der Waals surface area contributed by atoms with Gasteiger partial charge in [-0.1, -0.05) is 153 Å². The molecule has 0 radical (unpaired) electrons. The van der Waals surface area contributed by atoms with Crippen LogP contribution in [0, 0.1) is 0 Å². The minimum atomic E-state index is -1.54. The Morgan fingerprint density at radius 1 is 0.604 bits per heavy atom. The van der Waals surface area contributed by atoms with Gasteiger partial charge in [0.2, 0.25) is 0 Å². The Labute approximate surface area is 323 Å².